The van der Waals surface area contributed by atoms with Crippen molar-refractivity contribution in [1.29, 1.82) is 5.26 Å². The van der Waals surface area contributed by atoms with Crippen LogP contribution < -0.4 is 16.0 Å². The third-order valence-electron chi connectivity index (χ3n) is 8.27. The molecular formula is C30H33N9O3S. The third-order valence-corrected chi connectivity index (χ3v) is 9.39. The van der Waals surface area contributed by atoms with E-state index < -0.39 is 6.09 Å². The summed E-state index contributed by atoms with van der Waals surface area (Å²) in [7, 11) is 1.37. The van der Waals surface area contributed by atoms with Gasteiger partial charge in [-0.05, 0) is 68.7 Å². The lowest BCUT2D eigenvalue weighted by Crippen LogP contribution is -2.42. The Labute approximate surface area is 252 Å². The summed E-state index contributed by atoms with van der Waals surface area (Å²) in [5.74, 6) is 0.715. The van der Waals surface area contributed by atoms with E-state index in [0.29, 0.717) is 23.9 Å². The third kappa shape index (κ3) is 6.29. The number of hydrogen-bond donors (Lipinski definition) is 3. The molecule has 2 aliphatic carbocycles. The van der Waals surface area contributed by atoms with Crippen LogP contribution in [0.25, 0.3) is 27.5 Å². The zero-order chi connectivity index (χ0) is 29.9. The van der Waals surface area contributed by atoms with Gasteiger partial charge in [-0.15, -0.1) is 10.2 Å². The quantitative estimate of drug-likeness (QED) is 0.265. The molecular weight excluding hydrogens is 566 g/mol. The van der Waals surface area contributed by atoms with Crippen molar-refractivity contribution in [3.8, 4) is 28.0 Å². The molecule has 4 heterocycles. The van der Waals surface area contributed by atoms with Gasteiger partial charge in [-0.1, -0.05) is 11.3 Å². The second-order valence-corrected chi connectivity index (χ2v) is 12.3. The lowest BCUT2D eigenvalue weighted by Gasteiger charge is -2.36. The molecule has 2 saturated carbocycles. The van der Waals surface area contributed by atoms with Crippen molar-refractivity contribution >= 4 is 34.5 Å². The first-order valence-corrected chi connectivity index (χ1v) is 15.3. The average Bonchev–Trinajstić information content (AvgIpc) is 3.65. The van der Waals surface area contributed by atoms with Gasteiger partial charge in [0.05, 0.1) is 41.3 Å². The molecule has 0 bridgehead atoms. The minimum Gasteiger partial charge on any atom is -0.453 e. The van der Waals surface area contributed by atoms with Crippen LogP contribution in [-0.4, -0.2) is 62.5 Å². The summed E-state index contributed by atoms with van der Waals surface area (Å²) in [5, 5.41) is 34.2. The second-order valence-electron chi connectivity index (χ2n) is 11.3. The van der Waals surface area contributed by atoms with Crippen LogP contribution >= 0.6 is 11.3 Å². The van der Waals surface area contributed by atoms with Crippen LogP contribution in [0.2, 0.25) is 0 Å². The first-order chi connectivity index (χ1) is 20.9. The van der Waals surface area contributed by atoms with Gasteiger partial charge in [-0.2, -0.15) is 10.4 Å². The van der Waals surface area contributed by atoms with Crippen molar-refractivity contribution in [2.75, 3.05) is 19.0 Å². The fraction of sp³-hybridized carbons (Fsp3) is 0.433. The number of alkyl carbamates (subject to hydrolysis) is 1. The monoisotopic (exact) mass is 599 g/mol. The largest absolute Gasteiger partial charge is 0.453 e. The van der Waals surface area contributed by atoms with Gasteiger partial charge in [0.1, 0.15) is 11.1 Å². The van der Waals surface area contributed by atoms with Crippen molar-refractivity contribution < 1.29 is 14.3 Å². The van der Waals surface area contributed by atoms with Crippen LogP contribution in [0.1, 0.15) is 61.9 Å². The van der Waals surface area contributed by atoms with Gasteiger partial charge in [0, 0.05) is 43.4 Å². The van der Waals surface area contributed by atoms with E-state index in [2.05, 4.69) is 37.3 Å². The number of nitrogens with zero attached hydrogens (tertiary/aromatic N) is 6. The van der Waals surface area contributed by atoms with E-state index in [1.807, 2.05) is 24.4 Å². The first-order valence-electron chi connectivity index (χ1n) is 14.5. The molecule has 0 radical (unpaired) electrons. The molecule has 0 aliphatic heterocycles. The molecule has 0 unspecified atom stereocenters. The Bertz CT molecular complexity index is 1680. The van der Waals surface area contributed by atoms with Crippen LogP contribution in [0, 0.1) is 17.2 Å². The maximum absolute atomic E-state index is 11.5. The Morgan fingerprint density at radius 1 is 1.12 bits per heavy atom. The number of hydrogen-bond acceptors (Lipinski definition) is 10. The molecule has 13 heteroatoms. The Balaban J connectivity index is 1.24. The van der Waals surface area contributed by atoms with Crippen LogP contribution in [0.3, 0.4) is 0 Å². The minimum absolute atomic E-state index is 0.0194. The topological polar surface area (TPSA) is 159 Å². The Hall–Kier alpha value is -4.57. The molecule has 6 rings (SSSR count). The molecule has 43 heavy (non-hydrogen) atoms. The zero-order valence-corrected chi connectivity index (χ0v) is 24.9. The maximum atomic E-state index is 11.5. The van der Waals surface area contributed by atoms with Crippen LogP contribution in [0.4, 0.5) is 10.5 Å². The standard InChI is InChI=1S/C30H33N9O3S/c1-17(40)35-21-5-3-20(4-6-21)28-37-38-29(43-28)24-16-32-26(27-8-7-23-11-19(13-31)15-34-39(23)27)12-25(24)36-22-9-18(10-22)14-33-30(41)42-2/h7-8,11-12,15-16,18,20-22H,3-6,9-10,14H2,1-2H3,(H,32,36)(H,33,41)(H,35,40)/t18-,20-,21-,22-. The lowest BCUT2D eigenvalue weighted by atomic mass is 9.80. The molecule has 4 aromatic rings. The van der Waals surface area contributed by atoms with E-state index in [1.54, 1.807) is 35.0 Å². The average molecular weight is 600 g/mol. The van der Waals surface area contributed by atoms with Crippen LogP contribution in [0.5, 0.6) is 0 Å². The Morgan fingerprint density at radius 3 is 2.67 bits per heavy atom. The molecule has 4 aromatic heterocycles. The summed E-state index contributed by atoms with van der Waals surface area (Å²) in [5.41, 5.74) is 4.67. The molecule has 0 aromatic carbocycles. The number of nitriles is 1. The SMILES string of the molecule is COC(=O)NC[C@H]1C[C@H](Nc2cc(-c3ccc4cc(C#N)cnn34)ncc2-c2nnc([C@H]3CC[C@H](NC(C)=O)CC3)s2)C1. The van der Waals surface area contributed by atoms with E-state index in [0.717, 1.165) is 76.7 Å². The number of methoxy groups -OCH3 is 1. The smallest absolute Gasteiger partial charge is 0.406 e. The lowest BCUT2D eigenvalue weighted by molar-refractivity contribution is -0.119. The highest BCUT2D eigenvalue weighted by atomic mass is 32.1. The van der Waals surface area contributed by atoms with E-state index in [1.165, 1.54) is 7.11 Å². The summed E-state index contributed by atoms with van der Waals surface area (Å²) in [4.78, 5) is 27.7. The van der Waals surface area contributed by atoms with E-state index in [4.69, 9.17) is 9.72 Å². The van der Waals surface area contributed by atoms with Crippen molar-refractivity contribution in [3.63, 3.8) is 0 Å². The number of nitrogens with one attached hydrogen (secondary N) is 3. The van der Waals surface area contributed by atoms with Gasteiger partial charge in [-0.3, -0.25) is 9.78 Å². The summed E-state index contributed by atoms with van der Waals surface area (Å²) < 4.78 is 6.47. The molecule has 222 valence electrons. The number of amides is 2. The number of pyridine rings is 1. The zero-order valence-electron chi connectivity index (χ0n) is 24.0. The van der Waals surface area contributed by atoms with Gasteiger partial charge < -0.3 is 20.7 Å². The van der Waals surface area contributed by atoms with Gasteiger partial charge in [0.2, 0.25) is 5.91 Å². The van der Waals surface area contributed by atoms with Gasteiger partial charge in [0.15, 0.2) is 5.01 Å². The van der Waals surface area contributed by atoms with Crippen molar-refractivity contribution in [2.45, 2.75) is 63.5 Å². The highest BCUT2D eigenvalue weighted by Crippen LogP contribution is 2.40. The number of fused-ring (bicyclic) bond motifs is 1. The summed E-state index contributed by atoms with van der Waals surface area (Å²) in [6.07, 6.45) is 8.60. The number of anilines is 1. The van der Waals surface area contributed by atoms with E-state index >= 15 is 0 Å². The molecule has 0 saturated heterocycles. The normalized spacial score (nSPS) is 21.4. The molecule has 2 aliphatic rings. The van der Waals surface area contributed by atoms with E-state index in [-0.39, 0.29) is 18.0 Å². The minimum atomic E-state index is -0.414. The number of aromatic nitrogens is 5. The summed E-state index contributed by atoms with van der Waals surface area (Å²) in [6.45, 7) is 2.15. The summed E-state index contributed by atoms with van der Waals surface area (Å²) >= 11 is 1.60. The van der Waals surface area contributed by atoms with Crippen LogP contribution in [-0.2, 0) is 9.53 Å². The van der Waals surface area contributed by atoms with Crippen molar-refractivity contribution in [1.82, 2.24) is 35.4 Å². The van der Waals surface area contributed by atoms with Gasteiger partial charge >= 0.3 is 6.09 Å². The maximum Gasteiger partial charge on any atom is 0.406 e. The van der Waals surface area contributed by atoms with E-state index in [9.17, 15) is 14.9 Å². The Morgan fingerprint density at radius 2 is 1.93 bits per heavy atom. The van der Waals surface area contributed by atoms with Crippen molar-refractivity contribution in [3.05, 3.63) is 47.2 Å². The highest BCUT2D eigenvalue weighted by molar-refractivity contribution is 7.14. The molecule has 2 amide bonds. The van der Waals surface area contributed by atoms with Gasteiger partial charge in [0.25, 0.3) is 0 Å². The molecule has 2 fully saturated rings. The molecule has 3 N–H and O–H groups in total. The first kappa shape index (κ1) is 28.5. The fourth-order valence-electron chi connectivity index (χ4n) is 5.96. The number of carbonyl (C=O) groups excluding carboxylic acids is 2. The predicted octanol–water partition coefficient (Wildman–Crippen LogP) is 4.50. The van der Waals surface area contributed by atoms with Gasteiger partial charge in [-0.25, -0.2) is 9.31 Å². The number of carbonyl (C=O) groups is 2. The fourth-order valence-corrected chi connectivity index (χ4v) is 7.00. The second kappa shape index (κ2) is 12.3. The number of rotatable bonds is 8. The highest BCUT2D eigenvalue weighted by Gasteiger charge is 2.31. The summed E-state index contributed by atoms with van der Waals surface area (Å²) in [6, 6.07) is 10.3. The Kier molecular flexibility index (Phi) is 8.20. The molecule has 12 nitrogen and oxygen atoms in total. The number of ether oxygens (including phenoxy) is 1. The van der Waals surface area contributed by atoms with Crippen molar-refractivity contribution in [2.24, 2.45) is 5.92 Å². The predicted molar refractivity (Wildman–Crippen MR) is 161 cm³/mol. The molecule has 0 spiro atoms. The molecule has 0 atom stereocenters. The van der Waals surface area contributed by atoms with Crippen LogP contribution in [0.15, 0.2) is 36.7 Å².